The summed E-state index contributed by atoms with van der Waals surface area (Å²) in [5.74, 6) is 0.840. The molecule has 1 fully saturated rings. The molecule has 0 aromatic heterocycles. The van der Waals surface area contributed by atoms with Crippen LogP contribution in [0, 0.1) is 0 Å². The number of carbonyl (C=O) groups is 1. The maximum atomic E-state index is 12.8. The number of anilines is 2. The number of benzene rings is 2. The fourth-order valence-corrected chi connectivity index (χ4v) is 3.23. The van der Waals surface area contributed by atoms with Gasteiger partial charge in [-0.05, 0) is 67.9 Å². The van der Waals surface area contributed by atoms with Crippen LogP contribution in [0.25, 0.3) is 0 Å². The van der Waals surface area contributed by atoms with Crippen molar-refractivity contribution in [1.82, 2.24) is 4.90 Å². The van der Waals surface area contributed by atoms with E-state index in [9.17, 15) is 4.79 Å². The van der Waals surface area contributed by atoms with Crippen molar-refractivity contribution in [2.75, 3.05) is 30.8 Å². The number of hydrogen-bond donors (Lipinski definition) is 2. The molecule has 1 saturated heterocycles. The van der Waals surface area contributed by atoms with Gasteiger partial charge in [0.25, 0.3) is 5.91 Å². The predicted molar refractivity (Wildman–Crippen MR) is 109 cm³/mol. The maximum Gasteiger partial charge on any atom is 0.255 e. The first-order valence-corrected chi connectivity index (χ1v) is 9.18. The lowest BCUT2D eigenvalue weighted by Crippen LogP contribution is -2.36. The summed E-state index contributed by atoms with van der Waals surface area (Å²) in [4.78, 5) is 14.8. The molecule has 1 amide bonds. The number of carbonyl (C=O) groups excluding carboxylic acids is 1. The Balaban J connectivity index is 1.68. The Bertz CT molecular complexity index is 771. The number of para-hydroxylation sites is 1. The highest BCUT2D eigenvalue weighted by Gasteiger charge is 2.20. The molecule has 0 spiro atoms. The molecule has 0 bridgehead atoms. The van der Waals surface area contributed by atoms with E-state index in [1.54, 1.807) is 7.11 Å². The molecule has 0 saturated carbocycles. The first-order chi connectivity index (χ1) is 12.7. The Labute approximate surface area is 159 Å². The summed E-state index contributed by atoms with van der Waals surface area (Å²) in [7, 11) is 1.63. The number of nitrogens with zero attached hydrogens (tertiary/aromatic N) is 1. The second-order valence-electron chi connectivity index (χ2n) is 6.21. The molecule has 0 atom stereocenters. The molecule has 1 aliphatic heterocycles. The minimum atomic E-state index is 0.0556. The van der Waals surface area contributed by atoms with Gasteiger partial charge >= 0.3 is 0 Å². The molecule has 0 aliphatic carbocycles. The van der Waals surface area contributed by atoms with Gasteiger partial charge in [-0.25, -0.2) is 0 Å². The number of methoxy groups -OCH3 is 1. The molecule has 1 aliphatic rings. The van der Waals surface area contributed by atoms with Crippen LogP contribution in [-0.2, 0) is 0 Å². The topological polar surface area (TPSA) is 53.6 Å². The largest absolute Gasteiger partial charge is 0.497 e. The van der Waals surface area contributed by atoms with Crippen molar-refractivity contribution in [3.05, 3.63) is 54.1 Å². The van der Waals surface area contributed by atoms with E-state index in [1.165, 1.54) is 6.42 Å². The Kier molecular flexibility index (Phi) is 6.07. The van der Waals surface area contributed by atoms with Crippen LogP contribution >= 0.6 is 12.2 Å². The molecule has 0 radical (unpaired) electrons. The van der Waals surface area contributed by atoms with Gasteiger partial charge in [-0.15, -0.1) is 0 Å². The van der Waals surface area contributed by atoms with Gasteiger partial charge in [0.05, 0.1) is 18.4 Å². The van der Waals surface area contributed by atoms with E-state index >= 15 is 0 Å². The zero-order chi connectivity index (χ0) is 18.4. The van der Waals surface area contributed by atoms with Gasteiger partial charge in [-0.3, -0.25) is 4.79 Å². The number of thiocarbonyl (C=S) groups is 1. The number of hydrogen-bond acceptors (Lipinski definition) is 3. The summed E-state index contributed by atoms with van der Waals surface area (Å²) in [6.45, 7) is 1.64. The molecule has 136 valence electrons. The van der Waals surface area contributed by atoms with E-state index in [0.717, 1.165) is 37.4 Å². The third-order valence-electron chi connectivity index (χ3n) is 4.40. The summed E-state index contributed by atoms with van der Waals surface area (Å²) >= 11 is 5.40. The molecule has 2 aromatic rings. The lowest BCUT2D eigenvalue weighted by molar-refractivity contribution is 0.0725. The van der Waals surface area contributed by atoms with Gasteiger partial charge in [0.1, 0.15) is 5.75 Å². The van der Waals surface area contributed by atoms with Crippen LogP contribution in [0.3, 0.4) is 0 Å². The van der Waals surface area contributed by atoms with Gasteiger partial charge in [0.15, 0.2) is 5.11 Å². The number of nitrogens with one attached hydrogen (secondary N) is 2. The number of rotatable bonds is 4. The van der Waals surface area contributed by atoms with Crippen molar-refractivity contribution < 1.29 is 9.53 Å². The van der Waals surface area contributed by atoms with Crippen LogP contribution in [0.15, 0.2) is 48.5 Å². The first-order valence-electron chi connectivity index (χ1n) is 8.78. The Morgan fingerprint density at radius 2 is 1.69 bits per heavy atom. The van der Waals surface area contributed by atoms with Crippen molar-refractivity contribution in [3.63, 3.8) is 0 Å². The second-order valence-corrected chi connectivity index (χ2v) is 6.61. The number of ether oxygens (including phenoxy) is 1. The minimum absolute atomic E-state index is 0.0556. The number of likely N-dealkylation sites (tertiary alicyclic amines) is 1. The normalized spacial score (nSPS) is 13.8. The van der Waals surface area contributed by atoms with Gasteiger partial charge in [0, 0.05) is 18.8 Å². The number of amides is 1. The summed E-state index contributed by atoms with van der Waals surface area (Å²) in [5.41, 5.74) is 2.21. The summed E-state index contributed by atoms with van der Waals surface area (Å²) < 4.78 is 5.15. The second kappa shape index (κ2) is 8.67. The highest BCUT2D eigenvalue weighted by molar-refractivity contribution is 7.80. The Morgan fingerprint density at radius 1 is 1.00 bits per heavy atom. The lowest BCUT2D eigenvalue weighted by Gasteiger charge is -2.27. The van der Waals surface area contributed by atoms with Gasteiger partial charge in [0.2, 0.25) is 0 Å². The summed E-state index contributed by atoms with van der Waals surface area (Å²) in [5, 5.41) is 6.72. The zero-order valence-electron chi connectivity index (χ0n) is 14.8. The van der Waals surface area contributed by atoms with Gasteiger partial charge in [-0.1, -0.05) is 12.1 Å². The first kappa shape index (κ1) is 18.2. The SMILES string of the molecule is COc1ccc(NC(=S)Nc2ccccc2C(=O)N2CCCCC2)cc1. The van der Waals surface area contributed by atoms with E-state index in [1.807, 2.05) is 53.4 Å². The van der Waals surface area contributed by atoms with E-state index < -0.39 is 0 Å². The van der Waals surface area contributed by atoms with Crippen LogP contribution in [0.5, 0.6) is 5.75 Å². The summed E-state index contributed by atoms with van der Waals surface area (Å²) in [6.07, 6.45) is 3.33. The van der Waals surface area contributed by atoms with Crippen LogP contribution in [-0.4, -0.2) is 36.1 Å². The van der Waals surface area contributed by atoms with Crippen molar-refractivity contribution >= 4 is 34.6 Å². The molecule has 2 aromatic carbocycles. The molecule has 3 rings (SSSR count). The van der Waals surface area contributed by atoms with Gasteiger partial charge < -0.3 is 20.3 Å². The zero-order valence-corrected chi connectivity index (χ0v) is 15.6. The third kappa shape index (κ3) is 4.52. The fourth-order valence-electron chi connectivity index (χ4n) is 3.00. The monoisotopic (exact) mass is 369 g/mol. The van der Waals surface area contributed by atoms with Crippen LogP contribution in [0.4, 0.5) is 11.4 Å². The molecule has 1 heterocycles. The Morgan fingerprint density at radius 3 is 2.38 bits per heavy atom. The van der Waals surface area contributed by atoms with E-state index in [-0.39, 0.29) is 5.91 Å². The van der Waals surface area contributed by atoms with E-state index in [0.29, 0.717) is 16.4 Å². The lowest BCUT2D eigenvalue weighted by atomic mass is 10.1. The van der Waals surface area contributed by atoms with Crippen molar-refractivity contribution in [2.45, 2.75) is 19.3 Å². The highest BCUT2D eigenvalue weighted by atomic mass is 32.1. The van der Waals surface area contributed by atoms with Gasteiger partial charge in [-0.2, -0.15) is 0 Å². The molecular weight excluding hydrogens is 346 g/mol. The highest BCUT2D eigenvalue weighted by Crippen LogP contribution is 2.21. The van der Waals surface area contributed by atoms with Crippen LogP contribution in [0.1, 0.15) is 29.6 Å². The molecular formula is C20H23N3O2S. The number of piperidine rings is 1. The Hall–Kier alpha value is -2.60. The third-order valence-corrected chi connectivity index (χ3v) is 4.60. The fraction of sp³-hybridized carbons (Fsp3) is 0.300. The van der Waals surface area contributed by atoms with E-state index in [2.05, 4.69) is 10.6 Å². The van der Waals surface area contributed by atoms with E-state index in [4.69, 9.17) is 17.0 Å². The smallest absolute Gasteiger partial charge is 0.255 e. The average Bonchev–Trinajstić information content (AvgIpc) is 2.69. The standard InChI is InChI=1S/C20H23N3O2S/c1-25-16-11-9-15(10-12-16)21-20(26)22-18-8-4-3-7-17(18)19(24)23-13-5-2-6-14-23/h3-4,7-12H,2,5-6,13-14H2,1H3,(H2,21,22,26). The molecule has 26 heavy (non-hydrogen) atoms. The van der Waals surface area contributed by atoms with Crippen molar-refractivity contribution in [3.8, 4) is 5.75 Å². The molecule has 6 heteroatoms. The molecule has 5 nitrogen and oxygen atoms in total. The predicted octanol–water partition coefficient (Wildman–Crippen LogP) is 4.13. The van der Waals surface area contributed by atoms with Crippen molar-refractivity contribution in [2.24, 2.45) is 0 Å². The quantitative estimate of drug-likeness (QED) is 0.794. The average molecular weight is 369 g/mol. The van der Waals surface area contributed by atoms with Crippen molar-refractivity contribution in [1.29, 1.82) is 0 Å². The summed E-state index contributed by atoms with van der Waals surface area (Å²) in [6, 6.07) is 15.0. The molecule has 0 unspecified atom stereocenters. The minimum Gasteiger partial charge on any atom is -0.497 e. The molecule has 2 N–H and O–H groups in total. The maximum absolute atomic E-state index is 12.8. The van der Waals surface area contributed by atoms with Crippen LogP contribution in [0.2, 0.25) is 0 Å². The van der Waals surface area contributed by atoms with Crippen LogP contribution < -0.4 is 15.4 Å².